The Morgan fingerprint density at radius 2 is 2.03 bits per heavy atom. The fraction of sp³-hybridized carbons (Fsp3) is 0.389. The van der Waals surface area contributed by atoms with Crippen LogP contribution in [0.15, 0.2) is 28.5 Å². The molecule has 0 bridgehead atoms. The van der Waals surface area contributed by atoms with Gasteiger partial charge in [-0.1, -0.05) is 11.6 Å². The van der Waals surface area contributed by atoms with Gasteiger partial charge in [0.1, 0.15) is 20.4 Å². The van der Waals surface area contributed by atoms with Crippen molar-refractivity contribution in [2.24, 2.45) is 0 Å². The smallest absolute Gasteiger partial charge is 0.419 e. The number of thiophene rings is 1. The van der Waals surface area contributed by atoms with Gasteiger partial charge in [-0.25, -0.2) is 13.2 Å². The molecule has 2 aromatic rings. The van der Waals surface area contributed by atoms with Crippen molar-refractivity contribution in [1.29, 1.82) is 0 Å². The fourth-order valence-corrected chi connectivity index (χ4v) is 5.77. The van der Waals surface area contributed by atoms with E-state index in [0.717, 1.165) is 31.4 Å². The molecule has 0 aliphatic carbocycles. The van der Waals surface area contributed by atoms with E-state index >= 15 is 0 Å². The van der Waals surface area contributed by atoms with Crippen LogP contribution < -0.4 is 9.46 Å². The van der Waals surface area contributed by atoms with Crippen molar-refractivity contribution in [2.75, 3.05) is 32.0 Å². The molecule has 1 aliphatic rings. The van der Waals surface area contributed by atoms with E-state index in [0.29, 0.717) is 30.8 Å². The summed E-state index contributed by atoms with van der Waals surface area (Å²) >= 11 is 6.53. The number of hydrogen-bond donors (Lipinski definition) is 1. The molecule has 0 spiro atoms. The number of carbonyl (C=O) groups is 1. The highest BCUT2D eigenvalue weighted by Gasteiger charge is 2.36. The molecule has 1 unspecified atom stereocenters. The molecule has 1 saturated heterocycles. The zero-order valence-electron chi connectivity index (χ0n) is 16.3. The highest BCUT2D eigenvalue weighted by molar-refractivity contribution is 7.94. The average molecular weight is 499 g/mol. The molecule has 0 amide bonds. The lowest BCUT2D eigenvalue weighted by Gasteiger charge is -2.19. The Morgan fingerprint density at radius 1 is 1.32 bits per heavy atom. The van der Waals surface area contributed by atoms with Gasteiger partial charge in [0.05, 0.1) is 23.9 Å². The van der Waals surface area contributed by atoms with Crippen LogP contribution in [0.1, 0.15) is 22.3 Å². The topological polar surface area (TPSA) is 84.9 Å². The van der Waals surface area contributed by atoms with Crippen molar-refractivity contribution < 1.29 is 35.9 Å². The van der Waals surface area contributed by atoms with Gasteiger partial charge in [-0.05, 0) is 31.7 Å². The van der Waals surface area contributed by atoms with Crippen LogP contribution in [0, 0.1) is 0 Å². The van der Waals surface area contributed by atoms with Gasteiger partial charge in [0.2, 0.25) is 0 Å². The van der Waals surface area contributed by atoms with Crippen LogP contribution in [-0.4, -0.2) is 52.6 Å². The molecular formula is C18H18ClF3N2O5S2. The van der Waals surface area contributed by atoms with Gasteiger partial charge >= 0.3 is 12.1 Å². The van der Waals surface area contributed by atoms with Gasteiger partial charge in [-0.2, -0.15) is 13.2 Å². The Hall–Kier alpha value is -2.02. The first-order valence-corrected chi connectivity index (χ1v) is 11.6. The number of halogens is 4. The molecule has 0 radical (unpaired) electrons. The number of likely N-dealkylation sites (N-methyl/N-ethyl adjacent to an activating group) is 1. The number of hydrogen-bond acceptors (Lipinski definition) is 7. The quantitative estimate of drug-likeness (QED) is 0.604. The predicted molar refractivity (Wildman–Crippen MR) is 109 cm³/mol. The molecule has 1 aromatic carbocycles. The Balaban J connectivity index is 1.90. The summed E-state index contributed by atoms with van der Waals surface area (Å²) in [4.78, 5) is 13.6. The summed E-state index contributed by atoms with van der Waals surface area (Å²) in [5.41, 5.74) is -1.26. The van der Waals surface area contributed by atoms with Crippen molar-refractivity contribution in [1.82, 2.24) is 4.90 Å². The number of sulfonamides is 1. The molecule has 1 fully saturated rings. The number of likely N-dealkylation sites (tertiary alicyclic amines) is 1. The van der Waals surface area contributed by atoms with Crippen LogP contribution in [0.3, 0.4) is 0 Å². The number of esters is 1. The molecule has 1 atom stereocenters. The van der Waals surface area contributed by atoms with Crippen LogP contribution in [0.25, 0.3) is 0 Å². The summed E-state index contributed by atoms with van der Waals surface area (Å²) in [7, 11) is -1.28. The number of methoxy groups -OCH3 is 1. The Labute approximate surface area is 185 Å². The number of alkyl halides is 3. The molecule has 13 heteroatoms. The molecule has 1 aliphatic heterocycles. The molecule has 170 valence electrons. The second kappa shape index (κ2) is 8.85. The number of anilines is 1. The molecule has 3 rings (SSSR count). The normalized spacial score (nSPS) is 17.5. The molecule has 0 saturated carbocycles. The number of ether oxygens (including phenoxy) is 2. The van der Waals surface area contributed by atoms with Gasteiger partial charge < -0.3 is 14.4 Å². The van der Waals surface area contributed by atoms with Crippen LogP contribution in [0.2, 0.25) is 4.34 Å². The summed E-state index contributed by atoms with van der Waals surface area (Å²) in [5, 5.41) is 0. The summed E-state index contributed by atoms with van der Waals surface area (Å²) in [6.45, 7) is 1.14. The molecule has 31 heavy (non-hydrogen) atoms. The van der Waals surface area contributed by atoms with E-state index in [1.165, 1.54) is 0 Å². The van der Waals surface area contributed by atoms with Crippen LogP contribution in [0.5, 0.6) is 5.75 Å². The first-order chi connectivity index (χ1) is 14.4. The maximum atomic E-state index is 13.4. The van der Waals surface area contributed by atoms with Crippen molar-refractivity contribution in [3.8, 4) is 5.75 Å². The first-order valence-electron chi connectivity index (χ1n) is 8.87. The van der Waals surface area contributed by atoms with Crippen molar-refractivity contribution in [3.63, 3.8) is 0 Å². The van der Waals surface area contributed by atoms with Gasteiger partial charge in [0.15, 0.2) is 0 Å². The number of benzene rings is 1. The molecule has 1 aromatic heterocycles. The van der Waals surface area contributed by atoms with Gasteiger partial charge in [0, 0.05) is 19.2 Å². The van der Waals surface area contributed by atoms with Gasteiger partial charge in [-0.3, -0.25) is 4.72 Å². The second-order valence-electron chi connectivity index (χ2n) is 6.85. The molecular weight excluding hydrogens is 481 g/mol. The minimum Gasteiger partial charge on any atom is -0.488 e. The van der Waals surface area contributed by atoms with Crippen LogP contribution >= 0.6 is 22.9 Å². The number of rotatable bonds is 6. The first kappa shape index (κ1) is 23.6. The van der Waals surface area contributed by atoms with E-state index in [9.17, 15) is 26.4 Å². The Kier molecular flexibility index (Phi) is 6.75. The highest BCUT2D eigenvalue weighted by atomic mass is 35.5. The summed E-state index contributed by atoms with van der Waals surface area (Å²) < 4.78 is 77.5. The molecule has 2 heterocycles. The monoisotopic (exact) mass is 498 g/mol. The summed E-state index contributed by atoms with van der Waals surface area (Å²) in [6.07, 6.45) is -4.57. The van der Waals surface area contributed by atoms with E-state index in [-0.39, 0.29) is 19.8 Å². The minimum absolute atomic E-state index is 0.0889. The number of carbonyl (C=O) groups excluding carboxylic acids is 1. The van der Waals surface area contributed by atoms with E-state index in [1.54, 1.807) is 0 Å². The maximum absolute atomic E-state index is 13.4. The minimum atomic E-state index is -4.67. The summed E-state index contributed by atoms with van der Waals surface area (Å²) in [5.74, 6) is -1.28. The van der Waals surface area contributed by atoms with Crippen molar-refractivity contribution in [2.45, 2.75) is 22.9 Å². The molecule has 7 nitrogen and oxygen atoms in total. The number of nitrogens with one attached hydrogen (secondary N) is 1. The highest BCUT2D eigenvalue weighted by Crippen LogP contribution is 2.39. The third kappa shape index (κ3) is 5.43. The lowest BCUT2D eigenvalue weighted by Crippen LogP contribution is -2.23. The third-order valence-corrected chi connectivity index (χ3v) is 7.73. The largest absolute Gasteiger partial charge is 0.488 e. The van der Waals surface area contributed by atoms with Crippen molar-refractivity contribution >= 4 is 44.6 Å². The second-order valence-corrected chi connectivity index (χ2v) is 10.4. The average Bonchev–Trinajstić information content (AvgIpc) is 3.26. The van der Waals surface area contributed by atoms with Crippen LogP contribution in [-0.2, 0) is 20.9 Å². The lowest BCUT2D eigenvalue weighted by atomic mass is 10.1. The Morgan fingerprint density at radius 3 is 2.61 bits per heavy atom. The fourth-order valence-electron chi connectivity index (χ4n) is 3.02. The standard InChI is InChI=1S/C18H18ClF3N2O5S2/c1-24-6-5-11(9-24)29-14-7-10(3-4-13(14)18(20,21)22)23-31(26,27)15-8-12(16(19)30-15)17(25)28-2/h3-4,7-8,11,23H,5-6,9H2,1-2H3. The van der Waals surface area contributed by atoms with E-state index in [1.807, 2.05) is 11.9 Å². The third-order valence-electron chi connectivity index (χ3n) is 4.52. The van der Waals surface area contributed by atoms with E-state index in [4.69, 9.17) is 16.3 Å². The Bertz CT molecular complexity index is 1090. The zero-order valence-corrected chi connectivity index (χ0v) is 18.7. The number of nitrogens with zero attached hydrogens (tertiary/aromatic N) is 1. The zero-order chi connectivity index (χ0) is 23.0. The summed E-state index contributed by atoms with van der Waals surface area (Å²) in [6, 6.07) is 3.78. The van der Waals surface area contributed by atoms with E-state index < -0.39 is 39.6 Å². The van der Waals surface area contributed by atoms with Crippen LogP contribution in [0.4, 0.5) is 18.9 Å². The van der Waals surface area contributed by atoms with Gasteiger partial charge in [0.25, 0.3) is 10.0 Å². The molecule has 1 N–H and O–H groups in total. The maximum Gasteiger partial charge on any atom is 0.419 e. The SMILES string of the molecule is COC(=O)c1cc(S(=O)(=O)Nc2ccc(C(F)(F)F)c(OC3CCN(C)C3)c2)sc1Cl. The predicted octanol–water partition coefficient (Wildman–Crippen LogP) is 4.09. The van der Waals surface area contributed by atoms with Crippen molar-refractivity contribution in [3.05, 3.63) is 39.7 Å². The lowest BCUT2D eigenvalue weighted by molar-refractivity contribution is -0.139. The van der Waals surface area contributed by atoms with E-state index in [2.05, 4.69) is 9.46 Å². The van der Waals surface area contributed by atoms with Gasteiger partial charge in [-0.15, -0.1) is 11.3 Å².